The summed E-state index contributed by atoms with van der Waals surface area (Å²) in [6, 6.07) is 0. The molecule has 1 heterocycles. The number of primary amides is 1. The van der Waals surface area contributed by atoms with Crippen LogP contribution in [0.1, 0.15) is 6.42 Å². The monoisotopic (exact) mass is 223 g/mol. The molecule has 0 radical (unpaired) electrons. The highest BCUT2D eigenvalue weighted by Gasteiger charge is 2.56. The number of carbonyl (C=O) groups excluding carboxylic acids is 2. The fraction of sp³-hybridized carbons (Fsp3) is 0.667. The van der Waals surface area contributed by atoms with Crippen molar-refractivity contribution in [2.45, 2.75) is 11.2 Å². The molecule has 13 heavy (non-hydrogen) atoms. The molecular formula is C6H9NO4S2. The van der Waals surface area contributed by atoms with Crippen molar-refractivity contribution < 1.29 is 18.0 Å². The molecule has 0 bridgehead atoms. The molecule has 1 aliphatic heterocycles. The van der Waals surface area contributed by atoms with Crippen molar-refractivity contribution in [2.75, 3.05) is 12.0 Å². The molecule has 0 aromatic heterocycles. The molecule has 0 aliphatic carbocycles. The van der Waals surface area contributed by atoms with Crippen LogP contribution in [0.3, 0.4) is 0 Å². The van der Waals surface area contributed by atoms with Gasteiger partial charge in [0.15, 0.2) is 9.84 Å². The Balaban J connectivity index is 3.33. The van der Waals surface area contributed by atoms with Gasteiger partial charge in [-0.05, 0) is 6.42 Å². The first-order valence-corrected chi connectivity index (χ1v) is 6.37. The minimum atomic E-state index is -3.76. The zero-order valence-corrected chi connectivity index (χ0v) is 8.57. The summed E-state index contributed by atoms with van der Waals surface area (Å²) in [7, 11) is -3.76. The maximum absolute atomic E-state index is 11.3. The van der Waals surface area contributed by atoms with E-state index in [0.29, 0.717) is 5.75 Å². The maximum Gasteiger partial charge on any atom is 0.247 e. The van der Waals surface area contributed by atoms with Crippen molar-refractivity contribution in [3.63, 3.8) is 0 Å². The van der Waals surface area contributed by atoms with Crippen molar-refractivity contribution in [2.24, 2.45) is 5.73 Å². The van der Waals surface area contributed by atoms with Crippen LogP contribution in [0.5, 0.6) is 0 Å². The Kier molecular flexibility index (Phi) is 2.42. The summed E-state index contributed by atoms with van der Waals surface area (Å²) in [6.07, 6.45) is 0.853. The summed E-state index contributed by atoms with van der Waals surface area (Å²) in [5.74, 6) is -0.737. The third-order valence-corrected chi connectivity index (χ3v) is 5.05. The van der Waals surface area contributed by atoms with Gasteiger partial charge in [0.2, 0.25) is 15.8 Å². The van der Waals surface area contributed by atoms with E-state index in [1.54, 1.807) is 0 Å². The lowest BCUT2D eigenvalue weighted by molar-refractivity contribution is -0.125. The van der Waals surface area contributed by atoms with Crippen LogP contribution in [0.25, 0.3) is 0 Å². The first-order chi connectivity index (χ1) is 5.82. The predicted molar refractivity (Wildman–Crippen MR) is 48.9 cm³/mol. The fourth-order valence-electron chi connectivity index (χ4n) is 1.25. The minimum absolute atomic E-state index is 0.00926. The summed E-state index contributed by atoms with van der Waals surface area (Å²) in [5.41, 5.74) is 4.96. The SMILES string of the molecule is CS(=O)(=O)C1(C(N)=O)CCSC1=O. The van der Waals surface area contributed by atoms with E-state index in [2.05, 4.69) is 0 Å². The lowest BCUT2D eigenvalue weighted by Gasteiger charge is -2.19. The summed E-state index contributed by atoms with van der Waals surface area (Å²) >= 11 is 0.840. The Hall–Kier alpha value is -0.560. The Morgan fingerprint density at radius 1 is 1.62 bits per heavy atom. The number of thioether (sulfide) groups is 1. The highest BCUT2D eigenvalue weighted by Crippen LogP contribution is 2.35. The zero-order chi connectivity index (χ0) is 10.3. The predicted octanol–water partition coefficient (Wildman–Crippen LogP) is -1.08. The molecule has 1 rings (SSSR count). The Morgan fingerprint density at radius 2 is 2.15 bits per heavy atom. The van der Waals surface area contributed by atoms with Crippen LogP contribution in [0.2, 0.25) is 0 Å². The second kappa shape index (κ2) is 2.98. The smallest absolute Gasteiger partial charge is 0.247 e. The first-order valence-electron chi connectivity index (χ1n) is 3.49. The number of rotatable bonds is 2. The minimum Gasteiger partial charge on any atom is -0.368 e. The zero-order valence-electron chi connectivity index (χ0n) is 6.94. The molecule has 2 N–H and O–H groups in total. The molecule has 7 heteroatoms. The Morgan fingerprint density at radius 3 is 2.31 bits per heavy atom. The van der Waals surface area contributed by atoms with E-state index in [0.717, 1.165) is 18.0 Å². The van der Waals surface area contributed by atoms with Crippen molar-refractivity contribution in [3.05, 3.63) is 0 Å². The molecule has 1 amide bonds. The Bertz CT molecular complexity index is 361. The van der Waals surface area contributed by atoms with Gasteiger partial charge < -0.3 is 5.73 Å². The van der Waals surface area contributed by atoms with Crippen molar-refractivity contribution in [1.82, 2.24) is 0 Å². The summed E-state index contributed by atoms with van der Waals surface area (Å²) in [5, 5.41) is -0.650. The number of amides is 1. The molecule has 1 fully saturated rings. The van der Waals surface area contributed by atoms with Gasteiger partial charge in [-0.15, -0.1) is 0 Å². The average molecular weight is 223 g/mol. The molecule has 5 nitrogen and oxygen atoms in total. The van der Waals surface area contributed by atoms with Crippen LogP contribution < -0.4 is 5.73 Å². The lowest BCUT2D eigenvalue weighted by Crippen LogP contribution is -2.52. The molecular weight excluding hydrogens is 214 g/mol. The molecule has 1 saturated heterocycles. The van der Waals surface area contributed by atoms with Crippen molar-refractivity contribution >= 4 is 32.6 Å². The molecule has 1 aliphatic rings. The molecule has 0 aromatic rings. The lowest BCUT2D eigenvalue weighted by atomic mass is 10.1. The molecule has 0 saturated carbocycles. The van der Waals surface area contributed by atoms with Crippen LogP contribution in [-0.4, -0.2) is 36.2 Å². The quantitative estimate of drug-likeness (QED) is 0.601. The molecule has 0 aromatic carbocycles. The fourth-order valence-corrected chi connectivity index (χ4v) is 4.18. The molecule has 1 atom stereocenters. The van der Waals surface area contributed by atoms with Gasteiger partial charge in [-0.3, -0.25) is 9.59 Å². The molecule has 74 valence electrons. The highest BCUT2D eigenvalue weighted by molar-refractivity contribution is 8.16. The van der Waals surface area contributed by atoms with E-state index in [1.165, 1.54) is 0 Å². The Labute approximate surface area is 80.0 Å². The number of carbonyl (C=O) groups is 2. The summed E-state index contributed by atoms with van der Waals surface area (Å²) in [4.78, 5) is 22.3. The number of nitrogens with two attached hydrogens (primary N) is 1. The molecule has 0 spiro atoms. The van der Waals surface area contributed by atoms with Crippen molar-refractivity contribution in [3.8, 4) is 0 Å². The van der Waals surface area contributed by atoms with Gasteiger partial charge in [-0.1, -0.05) is 11.8 Å². The number of hydrogen-bond acceptors (Lipinski definition) is 5. The van der Waals surface area contributed by atoms with Gasteiger partial charge >= 0.3 is 0 Å². The van der Waals surface area contributed by atoms with Crippen LogP contribution in [0, 0.1) is 0 Å². The third-order valence-electron chi connectivity index (χ3n) is 2.05. The van der Waals surface area contributed by atoms with E-state index in [1.807, 2.05) is 0 Å². The van der Waals surface area contributed by atoms with Crippen molar-refractivity contribution in [1.29, 1.82) is 0 Å². The average Bonchev–Trinajstić information content (AvgIpc) is 2.29. The van der Waals surface area contributed by atoms with Crippen LogP contribution in [0.15, 0.2) is 0 Å². The van der Waals surface area contributed by atoms with Crippen LogP contribution in [-0.2, 0) is 19.4 Å². The normalized spacial score (nSPS) is 29.2. The summed E-state index contributed by atoms with van der Waals surface area (Å²) in [6.45, 7) is 0. The van der Waals surface area contributed by atoms with E-state index >= 15 is 0 Å². The summed E-state index contributed by atoms with van der Waals surface area (Å²) < 4.78 is 20.6. The van der Waals surface area contributed by atoms with E-state index in [9.17, 15) is 18.0 Å². The van der Waals surface area contributed by atoms with E-state index in [4.69, 9.17) is 5.73 Å². The maximum atomic E-state index is 11.3. The van der Waals surface area contributed by atoms with Gasteiger partial charge in [-0.25, -0.2) is 8.42 Å². The topological polar surface area (TPSA) is 94.3 Å². The van der Waals surface area contributed by atoms with Gasteiger partial charge in [-0.2, -0.15) is 0 Å². The third kappa shape index (κ3) is 1.35. The number of hydrogen-bond donors (Lipinski definition) is 1. The molecule has 1 unspecified atom stereocenters. The largest absolute Gasteiger partial charge is 0.368 e. The second-order valence-electron chi connectivity index (χ2n) is 2.85. The van der Waals surface area contributed by atoms with Crippen LogP contribution in [0.4, 0.5) is 0 Å². The van der Waals surface area contributed by atoms with Gasteiger partial charge in [0.25, 0.3) is 0 Å². The van der Waals surface area contributed by atoms with Gasteiger partial charge in [0.05, 0.1) is 0 Å². The standard InChI is InChI=1S/C6H9NO4S2/c1-13(10,11)6(4(7)8)2-3-12-5(6)9/h2-3H2,1H3,(H2,7,8). The van der Waals surface area contributed by atoms with E-state index < -0.39 is 25.6 Å². The van der Waals surface area contributed by atoms with Gasteiger partial charge in [0.1, 0.15) is 0 Å². The van der Waals surface area contributed by atoms with Gasteiger partial charge in [0, 0.05) is 12.0 Å². The van der Waals surface area contributed by atoms with E-state index in [-0.39, 0.29) is 6.42 Å². The second-order valence-corrected chi connectivity index (χ2v) is 6.16. The highest BCUT2D eigenvalue weighted by atomic mass is 32.2. The number of sulfone groups is 1. The first kappa shape index (κ1) is 10.5. The van der Waals surface area contributed by atoms with Crippen LogP contribution >= 0.6 is 11.8 Å².